The summed E-state index contributed by atoms with van der Waals surface area (Å²) in [5.74, 6) is 0. The number of hydrogen-bond acceptors (Lipinski definition) is 4. The van der Waals surface area contributed by atoms with Crippen LogP contribution in [0.5, 0.6) is 0 Å². The molecule has 4 N–H and O–H groups in total. The third-order valence-electron chi connectivity index (χ3n) is 1.59. The van der Waals surface area contributed by atoms with Crippen molar-refractivity contribution in [2.45, 2.75) is 24.3 Å². The van der Waals surface area contributed by atoms with E-state index in [9.17, 15) is 16.8 Å². The Balaban J connectivity index is -0.0000000980. The van der Waals surface area contributed by atoms with Crippen molar-refractivity contribution < 1.29 is 129 Å². The zero-order valence-corrected chi connectivity index (χ0v) is 18.8. The molecule has 0 saturated carbocycles. The van der Waals surface area contributed by atoms with Gasteiger partial charge in [-0.2, -0.15) is 16.8 Å². The van der Waals surface area contributed by atoms with Crippen LogP contribution in [0.4, 0.5) is 0 Å². The van der Waals surface area contributed by atoms with Crippen molar-refractivity contribution in [2.24, 2.45) is 0 Å². The summed E-state index contributed by atoms with van der Waals surface area (Å²) in [4.78, 5) is 0. The fourth-order valence-electron chi connectivity index (χ4n) is 0.211. The Kier molecular flexibility index (Phi) is 22.1. The van der Waals surface area contributed by atoms with E-state index in [1.807, 2.05) is 0 Å². The van der Waals surface area contributed by atoms with Gasteiger partial charge in [0.25, 0.3) is 20.2 Å². The van der Waals surface area contributed by atoms with Crippen LogP contribution >= 0.6 is 0 Å². The number of nitrogens with one attached hydrogen (secondary N) is 2. The van der Waals surface area contributed by atoms with Crippen molar-refractivity contribution >= 4 is 20.2 Å². The van der Waals surface area contributed by atoms with Crippen molar-refractivity contribution in [3.8, 4) is 0 Å². The predicted molar refractivity (Wildman–Crippen MR) is 60.4 cm³/mol. The molecule has 0 aliphatic carbocycles. The molecule has 0 radical (unpaired) electrons. The van der Waals surface area contributed by atoms with Gasteiger partial charge in [0, 0.05) is 0 Å². The van der Waals surface area contributed by atoms with E-state index in [-0.39, 0.29) is 116 Å². The molecule has 100 valence electrons. The van der Waals surface area contributed by atoms with Gasteiger partial charge in [-0.25, -0.2) is 0 Å². The first-order valence-corrected chi connectivity index (χ1v) is 7.19. The summed E-state index contributed by atoms with van der Waals surface area (Å²) in [6.07, 6.45) is 0. The maximum Gasteiger partial charge on any atom is 1.00 e. The Hall–Kier alpha value is 3.01. The Bertz CT molecular complexity index is 347. The molecule has 0 aromatic rings. The molecular weight excluding hydrogens is 338 g/mol. The molecule has 0 bridgehead atoms. The summed E-state index contributed by atoms with van der Waals surface area (Å²) in [5.41, 5.74) is 13.1. The van der Waals surface area contributed by atoms with Crippen LogP contribution in [0.25, 0.3) is 11.5 Å². The quantitative estimate of drug-likeness (QED) is 0.379. The van der Waals surface area contributed by atoms with Crippen LogP contribution in [0.2, 0.25) is 0 Å². The first-order valence-electron chi connectivity index (χ1n) is 4.18. The van der Waals surface area contributed by atoms with Gasteiger partial charge in [0.2, 0.25) is 0 Å². The molecule has 8 nitrogen and oxygen atoms in total. The Labute approximate surface area is 193 Å². The third kappa shape index (κ3) is 17.1. The minimum absolute atomic E-state index is 0. The third-order valence-corrected chi connectivity index (χ3v) is 3.96. The molecule has 0 aliphatic rings. The molecule has 0 fully saturated rings. The Morgan fingerprint density at radius 3 is 1.00 bits per heavy atom. The van der Waals surface area contributed by atoms with Crippen molar-refractivity contribution in [3.05, 3.63) is 11.5 Å². The van der Waals surface area contributed by atoms with Gasteiger partial charge in [0.15, 0.2) is 0 Å². The SMILES string of the molecule is CC(C[NH-])S(=O)(=O)O.CC(C[NH-])S(=O)(=O)O.[K+].[K+]. The minimum Gasteiger partial charge on any atom is -0.676 e. The van der Waals surface area contributed by atoms with Crippen LogP contribution in [0.1, 0.15) is 13.8 Å². The first kappa shape index (κ1) is 29.1. The molecular formula is C6H16K2N2O6S2. The van der Waals surface area contributed by atoms with Crippen molar-refractivity contribution in [2.75, 3.05) is 13.1 Å². The molecule has 0 amide bonds. The van der Waals surface area contributed by atoms with E-state index in [4.69, 9.17) is 20.6 Å². The van der Waals surface area contributed by atoms with E-state index < -0.39 is 30.7 Å². The summed E-state index contributed by atoms with van der Waals surface area (Å²) >= 11 is 0. The smallest absolute Gasteiger partial charge is 0.676 e. The molecule has 0 aromatic heterocycles. The molecule has 0 aliphatic heterocycles. The van der Waals surface area contributed by atoms with Gasteiger partial charge in [-0.3, -0.25) is 9.11 Å². The second-order valence-electron chi connectivity index (χ2n) is 3.06. The fourth-order valence-corrected chi connectivity index (χ4v) is 0.632. The van der Waals surface area contributed by atoms with Crippen LogP contribution in [0.3, 0.4) is 0 Å². The molecule has 0 spiro atoms. The summed E-state index contributed by atoms with van der Waals surface area (Å²) < 4.78 is 56.3. The fraction of sp³-hybridized carbons (Fsp3) is 1.00. The maximum atomic E-state index is 10.00. The molecule has 18 heavy (non-hydrogen) atoms. The summed E-state index contributed by atoms with van der Waals surface area (Å²) in [6.45, 7) is 1.97. The van der Waals surface area contributed by atoms with Crippen LogP contribution in [-0.4, -0.2) is 49.5 Å². The zero-order valence-electron chi connectivity index (χ0n) is 10.9. The molecule has 0 heterocycles. The maximum absolute atomic E-state index is 10.00. The van der Waals surface area contributed by atoms with Gasteiger partial charge in [-0.05, 0) is 13.8 Å². The molecule has 0 aromatic carbocycles. The molecule has 2 unspecified atom stereocenters. The molecule has 0 saturated heterocycles. The van der Waals surface area contributed by atoms with Crippen LogP contribution in [0, 0.1) is 0 Å². The van der Waals surface area contributed by atoms with Gasteiger partial charge in [-0.15, -0.1) is 13.1 Å². The van der Waals surface area contributed by atoms with Crippen molar-refractivity contribution in [1.29, 1.82) is 0 Å². The van der Waals surface area contributed by atoms with E-state index >= 15 is 0 Å². The van der Waals surface area contributed by atoms with Crippen LogP contribution in [0.15, 0.2) is 0 Å². The van der Waals surface area contributed by atoms with Crippen LogP contribution in [-0.2, 0) is 20.2 Å². The number of hydrogen-bond donors (Lipinski definition) is 2. The Morgan fingerprint density at radius 2 is 1.00 bits per heavy atom. The van der Waals surface area contributed by atoms with E-state index in [0.717, 1.165) is 0 Å². The number of rotatable bonds is 4. The summed E-state index contributed by atoms with van der Waals surface area (Å²) in [6, 6.07) is 0. The van der Waals surface area contributed by atoms with E-state index in [0.29, 0.717) is 0 Å². The Morgan fingerprint density at radius 1 is 0.833 bits per heavy atom. The van der Waals surface area contributed by atoms with Gasteiger partial charge in [-0.1, -0.05) is 0 Å². The second kappa shape index (κ2) is 13.7. The molecule has 2 atom stereocenters. The van der Waals surface area contributed by atoms with Gasteiger partial charge < -0.3 is 11.5 Å². The van der Waals surface area contributed by atoms with Crippen molar-refractivity contribution in [3.63, 3.8) is 0 Å². The molecule has 0 rings (SSSR count). The first-order chi connectivity index (χ1) is 6.96. The average Bonchev–Trinajstić information content (AvgIpc) is 2.13. The summed E-state index contributed by atoms with van der Waals surface area (Å²) in [7, 11) is -7.88. The standard InChI is InChI=1S/2C3H8NO3S.2K/c2*1-3(2-4)8(5,6)7;;/h2*3-4H,2H2,1H3,(H,5,6,7);;/q2*-1;2*+1. The largest absolute Gasteiger partial charge is 1.00 e. The predicted octanol–water partition coefficient (Wildman–Crippen LogP) is -5.36. The normalized spacial score (nSPS) is 14.1. The van der Waals surface area contributed by atoms with Gasteiger partial charge >= 0.3 is 103 Å². The average molecular weight is 355 g/mol. The summed E-state index contributed by atoms with van der Waals surface area (Å²) in [5, 5.41) is -1.91. The van der Waals surface area contributed by atoms with Crippen molar-refractivity contribution in [1.82, 2.24) is 0 Å². The van der Waals surface area contributed by atoms with E-state index in [1.165, 1.54) is 13.8 Å². The van der Waals surface area contributed by atoms with Crippen LogP contribution < -0.4 is 103 Å². The zero-order chi connectivity index (χ0) is 13.6. The van der Waals surface area contributed by atoms with Gasteiger partial charge in [0.05, 0.1) is 10.5 Å². The second-order valence-corrected chi connectivity index (χ2v) is 6.73. The minimum atomic E-state index is -3.94. The van der Waals surface area contributed by atoms with Gasteiger partial charge in [0.1, 0.15) is 0 Å². The molecule has 12 heteroatoms. The van der Waals surface area contributed by atoms with E-state index in [1.54, 1.807) is 0 Å². The monoisotopic (exact) mass is 354 g/mol. The van der Waals surface area contributed by atoms with E-state index in [2.05, 4.69) is 0 Å². The topological polar surface area (TPSA) is 156 Å².